The maximum Gasteiger partial charge on any atom is 0.339 e. The number of carbonyl (C=O) groups excluding carboxylic acids is 2. The number of para-hydroxylation sites is 1. The number of halogens is 2. The minimum atomic E-state index is -1.44. The quantitative estimate of drug-likeness (QED) is 0.373. The van der Waals surface area contributed by atoms with Gasteiger partial charge in [-0.1, -0.05) is 36.4 Å². The Morgan fingerprint density at radius 2 is 1.57 bits per heavy atom. The number of allylic oxidation sites excluding steroid dienone is 3. The van der Waals surface area contributed by atoms with Crippen LogP contribution in [0, 0.1) is 5.92 Å². The molecule has 1 N–H and O–H groups in total. The van der Waals surface area contributed by atoms with Crippen LogP contribution in [0.4, 0.5) is 0 Å². The summed E-state index contributed by atoms with van der Waals surface area (Å²) in [7, 11) is 0. The van der Waals surface area contributed by atoms with Gasteiger partial charge in [-0.15, -0.1) is 0 Å². The lowest BCUT2D eigenvalue weighted by Crippen LogP contribution is -2.47. The summed E-state index contributed by atoms with van der Waals surface area (Å²) in [6.45, 7) is 0. The fourth-order valence-electron chi connectivity index (χ4n) is 5.08. The van der Waals surface area contributed by atoms with Crippen LogP contribution in [0.25, 0.3) is 5.57 Å². The summed E-state index contributed by atoms with van der Waals surface area (Å²) < 4.78 is 13.4. The first-order chi connectivity index (χ1) is 16.8. The second kappa shape index (κ2) is 7.76. The summed E-state index contributed by atoms with van der Waals surface area (Å²) in [4.78, 5) is 39.3. The number of ketones is 1. The predicted octanol–water partition coefficient (Wildman–Crippen LogP) is 5.88. The zero-order valence-electron chi connectivity index (χ0n) is 17.7. The van der Waals surface area contributed by atoms with E-state index in [9.17, 15) is 19.5 Å². The molecule has 1 aliphatic carbocycles. The molecule has 8 heteroatoms. The van der Waals surface area contributed by atoms with Crippen LogP contribution in [0.5, 0.6) is 5.75 Å². The summed E-state index contributed by atoms with van der Waals surface area (Å²) >= 11 is 6.74. The Hall–Kier alpha value is -3.49. The zero-order chi connectivity index (χ0) is 24.5. The Kier molecular flexibility index (Phi) is 4.88. The minimum Gasteiger partial charge on any atom is -0.478 e. The van der Waals surface area contributed by atoms with E-state index in [2.05, 4.69) is 31.9 Å². The number of rotatable bonds is 2. The number of esters is 1. The molecule has 172 valence electrons. The van der Waals surface area contributed by atoms with Gasteiger partial charge < -0.3 is 14.6 Å². The largest absolute Gasteiger partial charge is 0.478 e. The van der Waals surface area contributed by atoms with Crippen molar-refractivity contribution < 1.29 is 29.0 Å². The predicted molar refractivity (Wildman–Crippen MR) is 133 cm³/mol. The van der Waals surface area contributed by atoms with Crippen LogP contribution in [0.1, 0.15) is 37.4 Å². The third kappa shape index (κ3) is 3.03. The van der Waals surface area contributed by atoms with Crippen LogP contribution in [0.3, 0.4) is 0 Å². The number of aromatic carboxylic acids is 1. The van der Waals surface area contributed by atoms with Crippen LogP contribution < -0.4 is 4.74 Å². The van der Waals surface area contributed by atoms with Gasteiger partial charge in [-0.2, -0.15) is 0 Å². The summed E-state index contributed by atoms with van der Waals surface area (Å²) in [5.41, 5.74) is 0.469. The van der Waals surface area contributed by atoms with Crippen molar-refractivity contribution in [1.82, 2.24) is 0 Å². The number of carboxylic acids is 1. The maximum absolute atomic E-state index is 14.2. The average molecular weight is 594 g/mol. The second-order valence-electron chi connectivity index (χ2n) is 8.33. The summed E-state index contributed by atoms with van der Waals surface area (Å²) in [5.74, 6) is -2.32. The van der Waals surface area contributed by atoms with Crippen LogP contribution in [-0.4, -0.2) is 22.8 Å². The zero-order valence-corrected chi connectivity index (χ0v) is 20.9. The summed E-state index contributed by atoms with van der Waals surface area (Å²) in [6.07, 6.45) is 3.20. The SMILES string of the molecule is O=C(O)c1cc(Br)c(Br)cc1C1=CC=C2Oc3ccccc3C3(OC(=O)c4ccccc43)C2C1=O. The van der Waals surface area contributed by atoms with E-state index in [1.54, 1.807) is 66.7 Å². The highest BCUT2D eigenvalue weighted by Crippen LogP contribution is 2.57. The first kappa shape index (κ1) is 22.0. The number of hydrogen-bond donors (Lipinski definition) is 1. The third-order valence-electron chi connectivity index (χ3n) is 6.53. The van der Waals surface area contributed by atoms with Crippen molar-refractivity contribution in [3.05, 3.63) is 115 Å². The van der Waals surface area contributed by atoms with Gasteiger partial charge >= 0.3 is 11.9 Å². The fraction of sp³-hybridized carbons (Fsp3) is 0.0741. The van der Waals surface area contributed by atoms with Crippen molar-refractivity contribution in [2.24, 2.45) is 5.92 Å². The minimum absolute atomic E-state index is 0.0356. The molecule has 3 aromatic rings. The fourth-order valence-corrected chi connectivity index (χ4v) is 5.76. The molecule has 6 nitrogen and oxygen atoms in total. The highest BCUT2D eigenvalue weighted by atomic mass is 79.9. The lowest BCUT2D eigenvalue weighted by atomic mass is 9.68. The molecule has 3 aliphatic rings. The van der Waals surface area contributed by atoms with Gasteiger partial charge in [0.15, 0.2) is 11.4 Å². The Balaban J connectivity index is 1.61. The molecule has 0 saturated heterocycles. The maximum atomic E-state index is 14.2. The van der Waals surface area contributed by atoms with Crippen molar-refractivity contribution >= 4 is 55.2 Å². The van der Waals surface area contributed by atoms with Gasteiger partial charge in [0.25, 0.3) is 0 Å². The van der Waals surface area contributed by atoms with E-state index in [1.807, 2.05) is 0 Å². The van der Waals surface area contributed by atoms with Gasteiger partial charge in [0.2, 0.25) is 0 Å². The lowest BCUT2D eigenvalue weighted by molar-refractivity contribution is -0.124. The number of fused-ring (bicyclic) bond motifs is 6. The number of carbonyl (C=O) groups is 3. The lowest BCUT2D eigenvalue weighted by Gasteiger charge is -2.43. The molecule has 6 rings (SSSR count). The number of hydrogen-bond acceptors (Lipinski definition) is 5. The van der Waals surface area contributed by atoms with E-state index in [1.165, 1.54) is 6.07 Å². The van der Waals surface area contributed by atoms with Crippen LogP contribution in [0.2, 0.25) is 0 Å². The third-order valence-corrected chi connectivity index (χ3v) is 8.37. The van der Waals surface area contributed by atoms with Gasteiger partial charge in [-0.25, -0.2) is 9.59 Å². The monoisotopic (exact) mass is 592 g/mol. The van der Waals surface area contributed by atoms with E-state index in [0.29, 0.717) is 37.1 Å². The summed E-state index contributed by atoms with van der Waals surface area (Å²) in [5, 5.41) is 9.85. The van der Waals surface area contributed by atoms with E-state index < -0.39 is 29.2 Å². The van der Waals surface area contributed by atoms with E-state index in [4.69, 9.17) is 9.47 Å². The van der Waals surface area contributed by atoms with Gasteiger partial charge in [0, 0.05) is 31.2 Å². The Morgan fingerprint density at radius 3 is 2.34 bits per heavy atom. The highest BCUT2D eigenvalue weighted by molar-refractivity contribution is 9.13. The van der Waals surface area contributed by atoms with Gasteiger partial charge in [-0.3, -0.25) is 4.79 Å². The number of Topliss-reactive ketones (excluding diaryl/α,β-unsaturated/α-hetero) is 1. The molecule has 35 heavy (non-hydrogen) atoms. The Morgan fingerprint density at radius 1 is 0.886 bits per heavy atom. The molecule has 2 heterocycles. The first-order valence-corrected chi connectivity index (χ1v) is 12.2. The van der Waals surface area contributed by atoms with Crippen LogP contribution in [0.15, 0.2) is 87.5 Å². The van der Waals surface area contributed by atoms with E-state index >= 15 is 0 Å². The van der Waals surface area contributed by atoms with Crippen molar-refractivity contribution in [1.29, 1.82) is 0 Å². The summed E-state index contributed by atoms with van der Waals surface area (Å²) in [6, 6.07) is 17.2. The molecule has 3 aromatic carbocycles. The second-order valence-corrected chi connectivity index (χ2v) is 10.0. The molecule has 0 saturated carbocycles. The number of carboxylic acid groups (broad SMARTS) is 1. The van der Waals surface area contributed by atoms with E-state index in [0.717, 1.165) is 0 Å². The Bertz CT molecular complexity index is 1550. The first-order valence-electron chi connectivity index (χ1n) is 10.6. The molecule has 0 radical (unpaired) electrons. The molecule has 0 aromatic heterocycles. The molecule has 0 amide bonds. The molecule has 2 atom stereocenters. The van der Waals surface area contributed by atoms with Crippen LogP contribution >= 0.6 is 31.9 Å². The van der Waals surface area contributed by atoms with Gasteiger partial charge in [-0.05, 0) is 68.3 Å². The average Bonchev–Trinajstić information content (AvgIpc) is 3.13. The highest BCUT2D eigenvalue weighted by Gasteiger charge is 2.61. The molecular formula is C27H14Br2O6. The van der Waals surface area contributed by atoms with Crippen molar-refractivity contribution in [3.8, 4) is 5.75 Å². The van der Waals surface area contributed by atoms with Crippen molar-refractivity contribution in [3.63, 3.8) is 0 Å². The number of benzene rings is 3. The molecule has 1 spiro atoms. The van der Waals surface area contributed by atoms with E-state index in [-0.39, 0.29) is 16.7 Å². The molecule has 2 unspecified atom stereocenters. The molecular weight excluding hydrogens is 580 g/mol. The Labute approximate surface area is 216 Å². The topological polar surface area (TPSA) is 89.9 Å². The van der Waals surface area contributed by atoms with Gasteiger partial charge in [0.05, 0.1) is 11.1 Å². The standard InChI is InChI=1S/C27H14Br2O6/c28-19-11-15(16(25(31)32)12-20(19)29)13-9-10-22-23(24(13)30)27(18-7-3-4-8-21(18)34-22)17-6-2-1-5-14(17)26(33)35-27/h1-12,23H,(H,31,32). The number of ether oxygens (including phenoxy) is 2. The normalized spacial score (nSPS) is 21.8. The molecule has 2 aliphatic heterocycles. The van der Waals surface area contributed by atoms with Crippen molar-refractivity contribution in [2.45, 2.75) is 5.60 Å². The van der Waals surface area contributed by atoms with Crippen LogP contribution in [-0.2, 0) is 15.1 Å². The van der Waals surface area contributed by atoms with Crippen molar-refractivity contribution in [2.75, 3.05) is 0 Å². The smallest absolute Gasteiger partial charge is 0.339 e. The molecule has 0 bridgehead atoms. The van der Waals surface area contributed by atoms with Gasteiger partial charge in [0.1, 0.15) is 17.4 Å². The molecule has 0 fully saturated rings.